The molecule has 0 unspecified atom stereocenters. The van der Waals surface area contributed by atoms with Crippen LogP contribution in [-0.4, -0.2) is 24.2 Å². The number of halogens is 2. The highest BCUT2D eigenvalue weighted by atomic mass is 79.9. The fourth-order valence-electron chi connectivity index (χ4n) is 2.49. The summed E-state index contributed by atoms with van der Waals surface area (Å²) in [5, 5.41) is 7.91. The Morgan fingerprint density at radius 1 is 0.667 bits per heavy atom. The molecule has 2 amide bonds. The van der Waals surface area contributed by atoms with Gasteiger partial charge in [-0.05, 0) is 48.2 Å². The van der Waals surface area contributed by atoms with E-state index in [1.165, 1.54) is 0 Å². The standard InChI is InChI=1S/C22H24Br2N4O2/c23-19-11-7-17(8-12-19)15-25-27-21(29)5-3-1-2-4-6-22(30)28-26-16-18-9-13-20(24)14-10-18/h7-16H,1-6H2,(H,27,29)(H,28,30). The van der Waals surface area contributed by atoms with Crippen molar-refractivity contribution in [3.05, 3.63) is 68.6 Å². The highest BCUT2D eigenvalue weighted by Gasteiger charge is 2.02. The van der Waals surface area contributed by atoms with Gasteiger partial charge in [-0.15, -0.1) is 0 Å². The summed E-state index contributed by atoms with van der Waals surface area (Å²) in [4.78, 5) is 23.5. The van der Waals surface area contributed by atoms with Gasteiger partial charge in [-0.3, -0.25) is 9.59 Å². The Kier molecular flexibility index (Phi) is 11.0. The normalized spacial score (nSPS) is 11.1. The van der Waals surface area contributed by atoms with Gasteiger partial charge in [-0.1, -0.05) is 69.0 Å². The molecule has 6 nitrogen and oxygen atoms in total. The first-order valence-corrected chi connectivity index (χ1v) is 11.3. The van der Waals surface area contributed by atoms with Gasteiger partial charge >= 0.3 is 0 Å². The highest BCUT2D eigenvalue weighted by molar-refractivity contribution is 9.10. The molecule has 2 aromatic carbocycles. The van der Waals surface area contributed by atoms with Crippen molar-refractivity contribution in [2.24, 2.45) is 10.2 Å². The molecule has 0 saturated carbocycles. The fraction of sp³-hybridized carbons (Fsp3) is 0.273. The van der Waals surface area contributed by atoms with Crippen molar-refractivity contribution < 1.29 is 9.59 Å². The summed E-state index contributed by atoms with van der Waals surface area (Å²) in [6.07, 6.45) is 7.37. The third-order valence-corrected chi connectivity index (χ3v) is 5.16. The van der Waals surface area contributed by atoms with Crippen LogP contribution >= 0.6 is 31.9 Å². The van der Waals surface area contributed by atoms with Gasteiger partial charge < -0.3 is 0 Å². The third-order valence-electron chi connectivity index (χ3n) is 4.10. The molecular formula is C22H24Br2N4O2. The molecule has 0 atom stereocenters. The Balaban J connectivity index is 1.49. The van der Waals surface area contributed by atoms with Crippen LogP contribution in [0.1, 0.15) is 49.7 Å². The van der Waals surface area contributed by atoms with E-state index < -0.39 is 0 Å². The summed E-state index contributed by atoms with van der Waals surface area (Å²) in [6, 6.07) is 15.3. The lowest BCUT2D eigenvalue weighted by molar-refractivity contribution is -0.122. The summed E-state index contributed by atoms with van der Waals surface area (Å²) in [6.45, 7) is 0. The van der Waals surface area contributed by atoms with E-state index in [4.69, 9.17) is 0 Å². The summed E-state index contributed by atoms with van der Waals surface area (Å²) < 4.78 is 1.99. The van der Waals surface area contributed by atoms with Gasteiger partial charge in [0.1, 0.15) is 0 Å². The maximum Gasteiger partial charge on any atom is 0.240 e. The van der Waals surface area contributed by atoms with Gasteiger partial charge in [0.2, 0.25) is 11.8 Å². The molecule has 0 aliphatic carbocycles. The molecule has 8 heteroatoms. The Hall–Kier alpha value is -2.32. The lowest BCUT2D eigenvalue weighted by Crippen LogP contribution is -2.17. The van der Waals surface area contributed by atoms with Gasteiger partial charge in [-0.25, -0.2) is 10.9 Å². The maximum absolute atomic E-state index is 11.8. The van der Waals surface area contributed by atoms with Crippen LogP contribution in [0.15, 0.2) is 67.7 Å². The largest absolute Gasteiger partial charge is 0.273 e. The number of benzene rings is 2. The molecule has 0 radical (unpaired) electrons. The molecular weight excluding hydrogens is 512 g/mol. The number of hydrogen-bond acceptors (Lipinski definition) is 4. The number of carbonyl (C=O) groups is 2. The van der Waals surface area contributed by atoms with Gasteiger partial charge in [0, 0.05) is 21.8 Å². The summed E-state index contributed by atoms with van der Waals surface area (Å²) >= 11 is 6.74. The first-order chi connectivity index (χ1) is 14.5. The predicted octanol–water partition coefficient (Wildman–Crippen LogP) is 5.15. The minimum Gasteiger partial charge on any atom is -0.273 e. The Morgan fingerprint density at radius 2 is 1.03 bits per heavy atom. The number of hydrazone groups is 2. The molecule has 0 spiro atoms. The SMILES string of the molecule is O=C(CCCCCCC(=O)NN=Cc1ccc(Br)cc1)NN=Cc1ccc(Br)cc1. The Bertz CT molecular complexity index is 792. The molecule has 0 bridgehead atoms. The quantitative estimate of drug-likeness (QED) is 0.237. The molecule has 2 aromatic rings. The zero-order chi connectivity index (χ0) is 21.6. The van der Waals surface area contributed by atoms with Gasteiger partial charge in [0.05, 0.1) is 12.4 Å². The molecule has 0 aromatic heterocycles. The van der Waals surface area contributed by atoms with E-state index in [0.717, 1.165) is 45.8 Å². The van der Waals surface area contributed by atoms with Crippen LogP contribution in [0, 0.1) is 0 Å². The second-order valence-corrected chi connectivity index (χ2v) is 8.44. The second kappa shape index (κ2) is 13.8. The average Bonchev–Trinajstić information content (AvgIpc) is 2.73. The topological polar surface area (TPSA) is 82.9 Å². The van der Waals surface area contributed by atoms with Crippen LogP contribution in [0.3, 0.4) is 0 Å². The van der Waals surface area contributed by atoms with E-state index in [0.29, 0.717) is 12.8 Å². The van der Waals surface area contributed by atoms with Crippen molar-refractivity contribution in [1.82, 2.24) is 10.9 Å². The van der Waals surface area contributed by atoms with E-state index in [1.807, 2.05) is 48.5 Å². The maximum atomic E-state index is 11.8. The van der Waals surface area contributed by atoms with Crippen LogP contribution < -0.4 is 10.9 Å². The zero-order valence-electron chi connectivity index (χ0n) is 16.5. The van der Waals surface area contributed by atoms with E-state index in [9.17, 15) is 9.59 Å². The number of nitrogens with one attached hydrogen (secondary N) is 2. The van der Waals surface area contributed by atoms with Crippen LogP contribution in [0.25, 0.3) is 0 Å². The molecule has 0 heterocycles. The third kappa shape index (κ3) is 10.5. The summed E-state index contributed by atoms with van der Waals surface area (Å²) in [5.41, 5.74) is 6.89. The number of hydrogen-bond donors (Lipinski definition) is 2. The fourth-order valence-corrected chi connectivity index (χ4v) is 3.02. The Labute approximate surface area is 193 Å². The first-order valence-electron chi connectivity index (χ1n) is 9.68. The number of amides is 2. The number of rotatable bonds is 11. The van der Waals surface area contributed by atoms with E-state index in [2.05, 4.69) is 52.9 Å². The average molecular weight is 536 g/mol. The van der Waals surface area contributed by atoms with E-state index in [1.54, 1.807) is 12.4 Å². The second-order valence-electron chi connectivity index (χ2n) is 6.60. The molecule has 0 aliphatic heterocycles. The van der Waals surface area contributed by atoms with Gasteiger partial charge in [-0.2, -0.15) is 10.2 Å². The van der Waals surface area contributed by atoms with Crippen molar-refractivity contribution in [3.63, 3.8) is 0 Å². The predicted molar refractivity (Wildman–Crippen MR) is 127 cm³/mol. The summed E-state index contributed by atoms with van der Waals surface area (Å²) in [7, 11) is 0. The molecule has 0 aliphatic rings. The van der Waals surface area contributed by atoms with Crippen LogP contribution in [0.5, 0.6) is 0 Å². The van der Waals surface area contributed by atoms with Crippen molar-refractivity contribution in [1.29, 1.82) is 0 Å². The highest BCUT2D eigenvalue weighted by Crippen LogP contribution is 2.10. The molecule has 0 saturated heterocycles. The smallest absolute Gasteiger partial charge is 0.240 e. The minimum atomic E-state index is -0.108. The van der Waals surface area contributed by atoms with Crippen LogP contribution in [0.2, 0.25) is 0 Å². The van der Waals surface area contributed by atoms with Crippen molar-refractivity contribution in [3.8, 4) is 0 Å². The van der Waals surface area contributed by atoms with Crippen molar-refractivity contribution in [2.75, 3.05) is 0 Å². The first kappa shape index (κ1) is 24.0. The van der Waals surface area contributed by atoms with E-state index >= 15 is 0 Å². The zero-order valence-corrected chi connectivity index (χ0v) is 19.7. The number of unbranched alkanes of at least 4 members (excludes halogenated alkanes) is 3. The number of carbonyl (C=O) groups excluding carboxylic acids is 2. The van der Waals surface area contributed by atoms with E-state index in [-0.39, 0.29) is 11.8 Å². The molecule has 2 rings (SSSR count). The lowest BCUT2D eigenvalue weighted by Gasteiger charge is -2.02. The molecule has 158 valence electrons. The van der Waals surface area contributed by atoms with Gasteiger partial charge in [0.25, 0.3) is 0 Å². The molecule has 2 N–H and O–H groups in total. The Morgan fingerprint density at radius 3 is 1.40 bits per heavy atom. The van der Waals surface area contributed by atoms with Crippen molar-refractivity contribution >= 4 is 56.1 Å². The molecule has 30 heavy (non-hydrogen) atoms. The van der Waals surface area contributed by atoms with Crippen LogP contribution in [0.4, 0.5) is 0 Å². The molecule has 0 fully saturated rings. The van der Waals surface area contributed by atoms with Gasteiger partial charge in [0.15, 0.2) is 0 Å². The van der Waals surface area contributed by atoms with Crippen molar-refractivity contribution in [2.45, 2.75) is 38.5 Å². The number of nitrogens with zero attached hydrogens (tertiary/aromatic N) is 2. The summed E-state index contributed by atoms with van der Waals surface area (Å²) in [5.74, 6) is -0.216. The monoisotopic (exact) mass is 534 g/mol. The van der Waals surface area contributed by atoms with Crippen LogP contribution in [-0.2, 0) is 9.59 Å². The minimum absolute atomic E-state index is 0.108. The lowest BCUT2D eigenvalue weighted by atomic mass is 10.1.